The van der Waals surface area contributed by atoms with Crippen molar-refractivity contribution in [3.8, 4) is 6.07 Å². The van der Waals surface area contributed by atoms with Crippen molar-refractivity contribution in [2.45, 2.75) is 6.42 Å². The Morgan fingerprint density at radius 3 is 2.61 bits per heavy atom. The third-order valence-electron chi connectivity index (χ3n) is 2.92. The molecule has 0 aliphatic rings. The van der Waals surface area contributed by atoms with E-state index in [-0.39, 0.29) is 0 Å². The Balaban J connectivity index is 2.04. The van der Waals surface area contributed by atoms with Crippen LogP contribution in [0.4, 0.5) is 5.69 Å². The van der Waals surface area contributed by atoms with Gasteiger partial charge in [0.15, 0.2) is 0 Å². The van der Waals surface area contributed by atoms with Crippen LogP contribution < -0.4 is 4.90 Å². The number of hydrogen-bond donors (Lipinski definition) is 0. The minimum absolute atomic E-state index is 0.717. The molecule has 0 bridgehead atoms. The highest BCUT2D eigenvalue weighted by Gasteiger charge is 2.06. The van der Waals surface area contributed by atoms with Gasteiger partial charge in [-0.15, -0.1) is 0 Å². The molecule has 1 heterocycles. The maximum Gasteiger partial charge on any atom is 0.101 e. The van der Waals surface area contributed by atoms with Gasteiger partial charge in [-0.3, -0.25) is 4.98 Å². The third-order valence-corrected chi connectivity index (χ3v) is 2.92. The lowest BCUT2D eigenvalue weighted by Gasteiger charge is -2.20. The highest BCUT2D eigenvalue weighted by molar-refractivity contribution is 5.58. The fourth-order valence-corrected chi connectivity index (χ4v) is 1.87. The van der Waals surface area contributed by atoms with Gasteiger partial charge >= 0.3 is 0 Å². The van der Waals surface area contributed by atoms with Crippen molar-refractivity contribution in [1.82, 2.24) is 4.98 Å². The number of aromatic nitrogens is 1. The Kier molecular flexibility index (Phi) is 3.93. The fraction of sp³-hybridized carbons (Fsp3) is 0.200. The molecule has 0 fully saturated rings. The molecular weight excluding hydrogens is 222 g/mol. The van der Waals surface area contributed by atoms with Crippen molar-refractivity contribution >= 4 is 5.69 Å². The highest BCUT2D eigenvalue weighted by Crippen LogP contribution is 2.18. The standard InChI is InChI=1S/C15H15N3/c1-18(11-8-13-6-9-17-10-7-13)15-5-3-2-4-14(15)12-16/h2-7,9-10H,8,11H2,1H3. The molecule has 90 valence electrons. The molecular formula is C15H15N3. The predicted molar refractivity (Wildman–Crippen MR) is 72.4 cm³/mol. The first kappa shape index (κ1) is 12.1. The normalized spacial score (nSPS) is 9.78. The van der Waals surface area contributed by atoms with Crippen LogP contribution in [-0.4, -0.2) is 18.6 Å². The minimum atomic E-state index is 0.717. The van der Waals surface area contributed by atoms with Gasteiger partial charge in [0.25, 0.3) is 0 Å². The van der Waals surface area contributed by atoms with Crippen molar-refractivity contribution in [1.29, 1.82) is 5.26 Å². The van der Waals surface area contributed by atoms with E-state index in [1.807, 2.05) is 43.4 Å². The topological polar surface area (TPSA) is 39.9 Å². The van der Waals surface area contributed by atoms with Crippen LogP contribution in [-0.2, 0) is 6.42 Å². The van der Waals surface area contributed by atoms with E-state index in [2.05, 4.69) is 16.0 Å². The summed E-state index contributed by atoms with van der Waals surface area (Å²) in [5, 5.41) is 9.07. The van der Waals surface area contributed by atoms with Crippen LogP contribution in [0.25, 0.3) is 0 Å². The number of hydrogen-bond acceptors (Lipinski definition) is 3. The highest BCUT2D eigenvalue weighted by atomic mass is 15.1. The first-order chi connectivity index (χ1) is 8.81. The van der Waals surface area contributed by atoms with Gasteiger partial charge in [-0.1, -0.05) is 12.1 Å². The van der Waals surface area contributed by atoms with Crippen LogP contribution in [0.5, 0.6) is 0 Å². The lowest BCUT2D eigenvalue weighted by molar-refractivity contribution is 0.873. The van der Waals surface area contributed by atoms with E-state index in [0.717, 1.165) is 24.2 Å². The van der Waals surface area contributed by atoms with Crippen LogP contribution in [0.1, 0.15) is 11.1 Å². The maximum atomic E-state index is 9.07. The number of pyridine rings is 1. The van der Waals surface area contributed by atoms with Crippen LogP contribution >= 0.6 is 0 Å². The van der Waals surface area contributed by atoms with Crippen molar-refractivity contribution in [3.05, 3.63) is 59.9 Å². The summed E-state index contributed by atoms with van der Waals surface area (Å²) in [4.78, 5) is 6.11. The maximum absolute atomic E-state index is 9.07. The smallest absolute Gasteiger partial charge is 0.101 e. The Morgan fingerprint density at radius 1 is 1.17 bits per heavy atom. The average Bonchev–Trinajstić information content (AvgIpc) is 2.45. The van der Waals surface area contributed by atoms with Gasteiger partial charge in [-0.25, -0.2) is 0 Å². The molecule has 0 N–H and O–H groups in total. The summed E-state index contributed by atoms with van der Waals surface area (Å²) in [5.74, 6) is 0. The number of benzene rings is 1. The van der Waals surface area contributed by atoms with E-state index in [9.17, 15) is 0 Å². The van der Waals surface area contributed by atoms with Crippen molar-refractivity contribution in [3.63, 3.8) is 0 Å². The summed E-state index contributed by atoms with van der Waals surface area (Å²) in [6.45, 7) is 0.878. The van der Waals surface area contributed by atoms with Crippen LogP contribution in [0.2, 0.25) is 0 Å². The van der Waals surface area contributed by atoms with E-state index >= 15 is 0 Å². The molecule has 3 nitrogen and oxygen atoms in total. The first-order valence-electron chi connectivity index (χ1n) is 5.90. The monoisotopic (exact) mass is 237 g/mol. The number of rotatable bonds is 4. The zero-order valence-electron chi connectivity index (χ0n) is 10.4. The molecule has 2 aromatic rings. The Morgan fingerprint density at radius 2 is 1.89 bits per heavy atom. The molecule has 18 heavy (non-hydrogen) atoms. The van der Waals surface area contributed by atoms with Gasteiger partial charge in [0.1, 0.15) is 6.07 Å². The molecule has 0 saturated heterocycles. The molecule has 0 spiro atoms. The van der Waals surface area contributed by atoms with Crippen molar-refractivity contribution in [2.24, 2.45) is 0 Å². The van der Waals surface area contributed by atoms with Crippen LogP contribution in [0, 0.1) is 11.3 Å². The van der Waals surface area contributed by atoms with Crippen LogP contribution in [0.15, 0.2) is 48.8 Å². The number of nitrogens with zero attached hydrogens (tertiary/aromatic N) is 3. The second-order valence-corrected chi connectivity index (χ2v) is 4.16. The molecule has 1 aromatic heterocycles. The molecule has 1 aromatic carbocycles. The molecule has 0 atom stereocenters. The molecule has 2 rings (SSSR count). The quantitative estimate of drug-likeness (QED) is 0.820. The Bertz CT molecular complexity index is 543. The lowest BCUT2D eigenvalue weighted by Crippen LogP contribution is -2.21. The molecule has 0 aliphatic carbocycles. The van der Waals surface area contributed by atoms with Crippen molar-refractivity contribution in [2.75, 3.05) is 18.5 Å². The largest absolute Gasteiger partial charge is 0.373 e. The molecule has 0 aliphatic heterocycles. The molecule has 3 heteroatoms. The van der Waals surface area contributed by atoms with Gasteiger partial charge in [-0.2, -0.15) is 5.26 Å². The SMILES string of the molecule is CN(CCc1ccncc1)c1ccccc1C#N. The lowest BCUT2D eigenvalue weighted by atomic mass is 10.1. The van der Waals surface area contributed by atoms with Gasteiger partial charge in [0.2, 0.25) is 0 Å². The van der Waals surface area contributed by atoms with E-state index in [0.29, 0.717) is 0 Å². The zero-order chi connectivity index (χ0) is 12.8. The second kappa shape index (κ2) is 5.83. The summed E-state index contributed by atoms with van der Waals surface area (Å²) in [6.07, 6.45) is 4.55. The first-order valence-corrected chi connectivity index (χ1v) is 5.90. The summed E-state index contributed by atoms with van der Waals surface area (Å²) in [5.41, 5.74) is 2.95. The van der Waals surface area contributed by atoms with Gasteiger partial charge < -0.3 is 4.90 Å². The Hall–Kier alpha value is -2.34. The summed E-state index contributed by atoms with van der Waals surface area (Å²) >= 11 is 0. The number of para-hydroxylation sites is 1. The second-order valence-electron chi connectivity index (χ2n) is 4.16. The molecule has 0 saturated carbocycles. The van der Waals surface area contributed by atoms with E-state index in [1.165, 1.54) is 5.56 Å². The minimum Gasteiger partial charge on any atom is -0.373 e. The van der Waals surface area contributed by atoms with Crippen molar-refractivity contribution < 1.29 is 0 Å². The molecule has 0 amide bonds. The van der Waals surface area contributed by atoms with Gasteiger partial charge in [0, 0.05) is 26.0 Å². The van der Waals surface area contributed by atoms with E-state index in [4.69, 9.17) is 5.26 Å². The summed E-state index contributed by atoms with van der Waals surface area (Å²) < 4.78 is 0. The summed E-state index contributed by atoms with van der Waals surface area (Å²) in [6, 6.07) is 13.9. The van der Waals surface area contributed by atoms with Gasteiger partial charge in [-0.05, 0) is 36.2 Å². The average molecular weight is 237 g/mol. The number of anilines is 1. The van der Waals surface area contributed by atoms with E-state index < -0.39 is 0 Å². The fourth-order valence-electron chi connectivity index (χ4n) is 1.87. The number of likely N-dealkylation sites (N-methyl/N-ethyl adjacent to an activating group) is 1. The predicted octanol–water partition coefficient (Wildman–Crippen LogP) is 2.63. The molecule has 0 radical (unpaired) electrons. The van der Waals surface area contributed by atoms with E-state index in [1.54, 1.807) is 12.4 Å². The third kappa shape index (κ3) is 2.86. The number of nitriles is 1. The zero-order valence-corrected chi connectivity index (χ0v) is 10.4. The van der Waals surface area contributed by atoms with Gasteiger partial charge in [0.05, 0.1) is 11.3 Å². The van der Waals surface area contributed by atoms with Crippen LogP contribution in [0.3, 0.4) is 0 Å². The Labute approximate surface area is 107 Å². The molecule has 0 unspecified atom stereocenters. The summed E-state index contributed by atoms with van der Waals surface area (Å²) in [7, 11) is 2.01.